The van der Waals surface area contributed by atoms with Crippen molar-refractivity contribution in [3.63, 3.8) is 0 Å². The molecule has 9 heteroatoms. The van der Waals surface area contributed by atoms with Crippen molar-refractivity contribution in [3.05, 3.63) is 94.0 Å². The topological polar surface area (TPSA) is 86.8 Å². The quantitative estimate of drug-likeness (QED) is 0.309. The molecule has 0 radical (unpaired) electrons. The molecule has 0 aliphatic carbocycles. The van der Waals surface area contributed by atoms with Crippen molar-refractivity contribution in [2.24, 2.45) is 0 Å². The van der Waals surface area contributed by atoms with Gasteiger partial charge in [0.2, 0.25) is 11.8 Å². The third kappa shape index (κ3) is 7.43. The summed E-state index contributed by atoms with van der Waals surface area (Å²) in [5.41, 5.74) is 3.78. The molecule has 0 unspecified atom stereocenters. The Hall–Kier alpha value is -3.36. The zero-order valence-electron chi connectivity index (χ0n) is 23.9. The molecule has 0 aromatic heterocycles. The molecule has 214 valence electrons. The Morgan fingerprint density at radius 2 is 1.57 bits per heavy atom. The summed E-state index contributed by atoms with van der Waals surface area (Å²) in [5, 5.41) is 3.32. The van der Waals surface area contributed by atoms with E-state index in [1.54, 1.807) is 37.3 Å². The molecule has 2 atom stereocenters. The lowest BCUT2D eigenvalue weighted by Crippen LogP contribution is -2.52. The van der Waals surface area contributed by atoms with E-state index in [9.17, 15) is 18.0 Å². The molecule has 0 spiro atoms. The zero-order chi connectivity index (χ0) is 29.6. The summed E-state index contributed by atoms with van der Waals surface area (Å²) in [5.74, 6) is -0.815. The van der Waals surface area contributed by atoms with Crippen LogP contribution < -0.4 is 9.62 Å². The minimum atomic E-state index is -4.15. The third-order valence-electron chi connectivity index (χ3n) is 7.10. The fourth-order valence-corrected chi connectivity index (χ4v) is 5.70. The van der Waals surface area contributed by atoms with Crippen molar-refractivity contribution >= 4 is 39.1 Å². The molecule has 7 nitrogen and oxygen atoms in total. The number of amides is 2. The minimum absolute atomic E-state index is 0.0515. The SMILES string of the molecule is CC[C@H](C)NC(=O)[C@H](C)N(Cc1ccccc1C)C(=O)CN(c1ccc(C)c(Cl)c1)S(=O)(=O)c1ccc(C)cc1. The average molecular weight is 584 g/mol. The van der Waals surface area contributed by atoms with Gasteiger partial charge in [0, 0.05) is 17.6 Å². The monoisotopic (exact) mass is 583 g/mol. The summed E-state index contributed by atoms with van der Waals surface area (Å²) in [4.78, 5) is 28.7. The van der Waals surface area contributed by atoms with E-state index in [0.717, 1.165) is 33.0 Å². The van der Waals surface area contributed by atoms with Crippen molar-refractivity contribution in [3.8, 4) is 0 Å². The number of halogens is 1. The van der Waals surface area contributed by atoms with Crippen molar-refractivity contribution in [1.29, 1.82) is 0 Å². The standard InChI is InChI=1S/C31H38ClN3O4S/c1-7-24(5)33-31(37)25(6)34(19-26-11-9-8-10-22(26)3)30(36)20-35(27-15-14-23(4)29(32)18-27)40(38,39)28-16-12-21(2)13-17-28/h8-18,24-25H,7,19-20H2,1-6H3,(H,33,37)/t24-,25-/m0/s1. The van der Waals surface area contributed by atoms with E-state index >= 15 is 0 Å². The molecule has 40 heavy (non-hydrogen) atoms. The highest BCUT2D eigenvalue weighted by molar-refractivity contribution is 7.92. The molecule has 1 N–H and O–H groups in total. The number of rotatable bonds is 11. The molecule has 3 aromatic carbocycles. The maximum Gasteiger partial charge on any atom is 0.264 e. The number of carbonyl (C=O) groups is 2. The van der Waals surface area contributed by atoms with E-state index in [0.29, 0.717) is 5.02 Å². The summed E-state index contributed by atoms with van der Waals surface area (Å²) >= 11 is 6.38. The van der Waals surface area contributed by atoms with Crippen LogP contribution in [0.2, 0.25) is 5.02 Å². The number of carbonyl (C=O) groups excluding carboxylic acids is 2. The number of benzene rings is 3. The lowest BCUT2D eigenvalue weighted by molar-refractivity contribution is -0.139. The van der Waals surface area contributed by atoms with Gasteiger partial charge in [0.15, 0.2) is 0 Å². The fraction of sp³-hybridized carbons (Fsp3) is 0.355. The van der Waals surface area contributed by atoms with Gasteiger partial charge in [-0.25, -0.2) is 8.42 Å². The van der Waals surface area contributed by atoms with E-state index in [1.165, 1.54) is 17.0 Å². The number of sulfonamides is 1. The molecule has 3 rings (SSSR count). The van der Waals surface area contributed by atoms with Gasteiger partial charge in [0.25, 0.3) is 10.0 Å². The van der Waals surface area contributed by atoms with Crippen LogP contribution in [0.3, 0.4) is 0 Å². The van der Waals surface area contributed by atoms with Gasteiger partial charge >= 0.3 is 0 Å². The molecule has 0 aliphatic rings. The van der Waals surface area contributed by atoms with E-state index in [4.69, 9.17) is 11.6 Å². The molecule has 0 aliphatic heterocycles. The first-order chi connectivity index (χ1) is 18.8. The second-order valence-corrected chi connectivity index (χ2v) is 12.5. The Labute approximate surface area is 243 Å². The predicted octanol–water partition coefficient (Wildman–Crippen LogP) is 5.79. The van der Waals surface area contributed by atoms with Crippen LogP contribution in [0.15, 0.2) is 71.6 Å². The van der Waals surface area contributed by atoms with E-state index < -0.39 is 28.5 Å². The van der Waals surface area contributed by atoms with Crippen LogP contribution >= 0.6 is 11.6 Å². The molecule has 2 amide bonds. The lowest BCUT2D eigenvalue weighted by Gasteiger charge is -2.33. The molecule has 0 fully saturated rings. The number of nitrogens with one attached hydrogen (secondary N) is 1. The van der Waals surface area contributed by atoms with Crippen molar-refractivity contribution in [2.75, 3.05) is 10.8 Å². The summed E-state index contributed by atoms with van der Waals surface area (Å²) in [7, 11) is -4.15. The highest BCUT2D eigenvalue weighted by atomic mass is 35.5. The van der Waals surface area contributed by atoms with Crippen LogP contribution in [0, 0.1) is 20.8 Å². The van der Waals surface area contributed by atoms with Crippen LogP contribution in [0.25, 0.3) is 0 Å². The predicted molar refractivity (Wildman–Crippen MR) is 161 cm³/mol. The molecule has 0 saturated carbocycles. The summed E-state index contributed by atoms with van der Waals surface area (Å²) < 4.78 is 28.9. The molecular formula is C31H38ClN3O4S. The minimum Gasteiger partial charge on any atom is -0.352 e. The van der Waals surface area contributed by atoms with Gasteiger partial charge in [0.05, 0.1) is 10.6 Å². The molecule has 0 heterocycles. The third-order valence-corrected chi connectivity index (χ3v) is 9.30. The largest absolute Gasteiger partial charge is 0.352 e. The highest BCUT2D eigenvalue weighted by Crippen LogP contribution is 2.29. The first-order valence-electron chi connectivity index (χ1n) is 13.3. The van der Waals surface area contributed by atoms with E-state index in [1.807, 2.05) is 58.9 Å². The highest BCUT2D eigenvalue weighted by Gasteiger charge is 2.33. The molecule has 3 aromatic rings. The lowest BCUT2D eigenvalue weighted by atomic mass is 10.1. The van der Waals surface area contributed by atoms with Gasteiger partial charge in [-0.1, -0.05) is 66.6 Å². The number of aryl methyl sites for hydroxylation is 3. The number of hydrogen-bond acceptors (Lipinski definition) is 4. The molecular weight excluding hydrogens is 546 g/mol. The Balaban J connectivity index is 2.06. The van der Waals surface area contributed by atoms with Gasteiger partial charge in [-0.3, -0.25) is 13.9 Å². The summed E-state index contributed by atoms with van der Waals surface area (Å²) in [6.07, 6.45) is 0.737. The van der Waals surface area contributed by atoms with Gasteiger partial charge in [-0.05, 0) is 82.0 Å². The van der Waals surface area contributed by atoms with Gasteiger partial charge in [-0.15, -0.1) is 0 Å². The second kappa shape index (κ2) is 13.3. The molecule has 0 saturated heterocycles. The van der Waals surface area contributed by atoms with Crippen molar-refractivity contribution < 1.29 is 18.0 Å². The van der Waals surface area contributed by atoms with Gasteiger partial charge < -0.3 is 10.2 Å². The van der Waals surface area contributed by atoms with Crippen LogP contribution in [-0.2, 0) is 26.2 Å². The van der Waals surface area contributed by atoms with Gasteiger partial charge in [-0.2, -0.15) is 0 Å². The van der Waals surface area contributed by atoms with Crippen LogP contribution in [0.5, 0.6) is 0 Å². The van der Waals surface area contributed by atoms with Crippen LogP contribution in [0.4, 0.5) is 5.69 Å². The Morgan fingerprint density at radius 3 is 2.17 bits per heavy atom. The number of anilines is 1. The van der Waals surface area contributed by atoms with Crippen molar-refractivity contribution in [2.45, 2.75) is 71.5 Å². The Morgan fingerprint density at radius 1 is 0.925 bits per heavy atom. The maximum absolute atomic E-state index is 14.0. The Kier molecular flexibility index (Phi) is 10.4. The number of nitrogens with zero attached hydrogens (tertiary/aromatic N) is 2. The normalized spacial score (nSPS) is 12.9. The number of hydrogen-bond donors (Lipinski definition) is 1. The summed E-state index contributed by atoms with van der Waals surface area (Å²) in [6, 6.07) is 18.0. The van der Waals surface area contributed by atoms with Crippen molar-refractivity contribution in [1.82, 2.24) is 10.2 Å². The fourth-order valence-electron chi connectivity index (χ4n) is 4.12. The van der Waals surface area contributed by atoms with E-state index in [-0.39, 0.29) is 29.1 Å². The molecule has 0 bridgehead atoms. The maximum atomic E-state index is 14.0. The average Bonchev–Trinajstić information content (AvgIpc) is 2.92. The van der Waals surface area contributed by atoms with Crippen LogP contribution in [-0.4, -0.2) is 43.8 Å². The van der Waals surface area contributed by atoms with E-state index in [2.05, 4.69) is 5.32 Å². The second-order valence-electron chi connectivity index (χ2n) is 10.2. The zero-order valence-corrected chi connectivity index (χ0v) is 25.5. The first-order valence-corrected chi connectivity index (χ1v) is 15.2. The smallest absolute Gasteiger partial charge is 0.264 e. The van der Waals surface area contributed by atoms with Gasteiger partial charge in [0.1, 0.15) is 12.6 Å². The Bertz CT molecular complexity index is 1460. The van der Waals surface area contributed by atoms with Crippen LogP contribution in [0.1, 0.15) is 49.4 Å². The first kappa shape index (κ1) is 31.2. The summed E-state index contributed by atoms with van der Waals surface area (Å²) in [6.45, 7) is 10.8.